The molecule has 1 saturated heterocycles. The van der Waals surface area contributed by atoms with E-state index < -0.39 is 0 Å². The molecule has 0 atom stereocenters. The fourth-order valence-electron chi connectivity index (χ4n) is 3.60. The second-order valence-electron chi connectivity index (χ2n) is 6.60. The van der Waals surface area contributed by atoms with E-state index in [1.54, 1.807) is 0 Å². The Balaban J connectivity index is 1.45. The molecule has 2 heterocycles. The maximum Gasteiger partial charge on any atom is 0.270 e. The fourth-order valence-corrected chi connectivity index (χ4v) is 3.60. The monoisotopic (exact) mass is 348 g/mol. The van der Waals surface area contributed by atoms with E-state index >= 15 is 0 Å². The molecule has 134 valence electrons. The number of para-hydroxylation sites is 3. The number of H-pyrrole nitrogens is 1. The van der Waals surface area contributed by atoms with Gasteiger partial charge in [-0.2, -0.15) is 0 Å². The van der Waals surface area contributed by atoms with Crippen LogP contribution in [0.25, 0.3) is 10.9 Å². The number of piperazine rings is 1. The summed E-state index contributed by atoms with van der Waals surface area (Å²) in [5.74, 6) is 0.0841. The van der Waals surface area contributed by atoms with Gasteiger partial charge in [0.2, 0.25) is 0 Å². The van der Waals surface area contributed by atoms with Gasteiger partial charge in [-0.15, -0.1) is 0 Å². The molecule has 1 fully saturated rings. The molecule has 1 amide bonds. The number of carbonyl (C=O) groups excluding carboxylic acids is 1. The molecule has 0 radical (unpaired) electrons. The maximum absolute atomic E-state index is 12.8. The molecule has 4 rings (SSSR count). The summed E-state index contributed by atoms with van der Waals surface area (Å²) in [4.78, 5) is 20.4. The highest BCUT2D eigenvalue weighted by Gasteiger charge is 2.24. The lowest BCUT2D eigenvalue weighted by Crippen LogP contribution is -2.49. The van der Waals surface area contributed by atoms with Gasteiger partial charge in [0, 0.05) is 43.6 Å². The van der Waals surface area contributed by atoms with Gasteiger partial charge in [-0.3, -0.25) is 4.79 Å². The van der Waals surface area contributed by atoms with Crippen molar-refractivity contribution in [1.29, 1.82) is 0 Å². The molecule has 1 aromatic heterocycles. The van der Waals surface area contributed by atoms with Crippen molar-refractivity contribution in [2.75, 3.05) is 42.9 Å². The Morgan fingerprint density at radius 1 is 1.04 bits per heavy atom. The highest BCUT2D eigenvalue weighted by molar-refractivity contribution is 5.98. The summed E-state index contributed by atoms with van der Waals surface area (Å²) in [6.45, 7) is 6.15. The molecule has 0 bridgehead atoms. The van der Waals surface area contributed by atoms with Crippen LogP contribution in [-0.2, 0) is 0 Å². The van der Waals surface area contributed by atoms with Crippen molar-refractivity contribution in [3.05, 3.63) is 60.3 Å². The first-order valence-electron chi connectivity index (χ1n) is 9.21. The first-order valence-corrected chi connectivity index (χ1v) is 9.21. The largest absolute Gasteiger partial charge is 0.384 e. The number of anilines is 2. The van der Waals surface area contributed by atoms with Crippen molar-refractivity contribution in [2.45, 2.75) is 6.92 Å². The molecule has 5 nitrogen and oxygen atoms in total. The number of benzene rings is 2. The van der Waals surface area contributed by atoms with Crippen LogP contribution in [0.3, 0.4) is 0 Å². The van der Waals surface area contributed by atoms with Gasteiger partial charge in [0.15, 0.2) is 0 Å². The Morgan fingerprint density at radius 2 is 1.77 bits per heavy atom. The second-order valence-corrected chi connectivity index (χ2v) is 6.60. The summed E-state index contributed by atoms with van der Waals surface area (Å²) in [7, 11) is 0. The number of rotatable bonds is 4. The Bertz CT molecular complexity index is 876. The third kappa shape index (κ3) is 3.12. The van der Waals surface area contributed by atoms with Crippen molar-refractivity contribution in [3.63, 3.8) is 0 Å². The van der Waals surface area contributed by atoms with Crippen LogP contribution in [0.5, 0.6) is 0 Å². The molecule has 2 aromatic carbocycles. The molecular formula is C21H24N4O. The molecule has 1 aliphatic rings. The molecule has 0 aliphatic carbocycles. The van der Waals surface area contributed by atoms with Crippen LogP contribution in [0.2, 0.25) is 0 Å². The van der Waals surface area contributed by atoms with E-state index in [0.29, 0.717) is 5.69 Å². The van der Waals surface area contributed by atoms with E-state index in [0.717, 1.165) is 49.3 Å². The average molecular weight is 348 g/mol. The van der Waals surface area contributed by atoms with Gasteiger partial charge < -0.3 is 20.1 Å². The first kappa shape index (κ1) is 16.5. The number of aromatic nitrogens is 1. The van der Waals surface area contributed by atoms with Crippen LogP contribution in [0, 0.1) is 0 Å². The van der Waals surface area contributed by atoms with Gasteiger partial charge in [0.05, 0.1) is 11.4 Å². The van der Waals surface area contributed by atoms with Crippen LogP contribution in [-0.4, -0.2) is 48.5 Å². The van der Waals surface area contributed by atoms with Gasteiger partial charge in [-0.25, -0.2) is 0 Å². The molecule has 0 unspecified atom stereocenters. The van der Waals surface area contributed by atoms with Gasteiger partial charge >= 0.3 is 0 Å². The smallest absolute Gasteiger partial charge is 0.270 e. The zero-order valence-electron chi connectivity index (χ0n) is 15.0. The van der Waals surface area contributed by atoms with Crippen molar-refractivity contribution in [2.24, 2.45) is 0 Å². The zero-order valence-corrected chi connectivity index (χ0v) is 15.0. The number of amides is 1. The molecule has 26 heavy (non-hydrogen) atoms. The van der Waals surface area contributed by atoms with Crippen molar-refractivity contribution < 1.29 is 4.79 Å². The van der Waals surface area contributed by atoms with Gasteiger partial charge in [0.1, 0.15) is 5.69 Å². The highest BCUT2D eigenvalue weighted by Crippen LogP contribution is 2.27. The van der Waals surface area contributed by atoms with Crippen molar-refractivity contribution in [3.8, 4) is 0 Å². The average Bonchev–Trinajstić information content (AvgIpc) is 3.12. The number of nitrogens with one attached hydrogen (secondary N) is 2. The van der Waals surface area contributed by atoms with E-state index in [1.807, 2.05) is 35.2 Å². The lowest BCUT2D eigenvalue weighted by molar-refractivity contribution is 0.0742. The van der Waals surface area contributed by atoms with E-state index in [2.05, 4.69) is 46.4 Å². The number of aromatic amines is 1. The lowest BCUT2D eigenvalue weighted by Gasteiger charge is -2.36. The Hall–Kier alpha value is -2.95. The number of fused-ring (bicyclic) bond motifs is 1. The minimum absolute atomic E-state index is 0.0841. The summed E-state index contributed by atoms with van der Waals surface area (Å²) in [6.07, 6.45) is 0. The van der Waals surface area contributed by atoms with E-state index in [4.69, 9.17) is 0 Å². The lowest BCUT2D eigenvalue weighted by atomic mass is 10.2. The molecule has 5 heteroatoms. The van der Waals surface area contributed by atoms with Crippen LogP contribution >= 0.6 is 0 Å². The standard InChI is InChI=1S/C21H24N4O/c1-2-22-18-9-5-6-10-20(18)24-11-13-25(14-12-24)21(26)19-15-16-7-3-4-8-17(16)23-19/h3-10,15,22-23H,2,11-14H2,1H3. The number of hydrogen-bond acceptors (Lipinski definition) is 3. The van der Waals surface area contributed by atoms with Crippen molar-refractivity contribution >= 4 is 28.2 Å². The van der Waals surface area contributed by atoms with E-state index in [-0.39, 0.29) is 5.91 Å². The summed E-state index contributed by atoms with van der Waals surface area (Å²) in [5.41, 5.74) is 4.05. The normalized spacial score (nSPS) is 14.7. The predicted octanol–water partition coefficient (Wildman–Crippen LogP) is 3.56. The van der Waals surface area contributed by atoms with E-state index in [1.165, 1.54) is 5.69 Å². The summed E-state index contributed by atoms with van der Waals surface area (Å²) < 4.78 is 0. The second kappa shape index (κ2) is 7.12. The SMILES string of the molecule is CCNc1ccccc1N1CCN(C(=O)c2cc3ccccc3[nH]2)CC1. The highest BCUT2D eigenvalue weighted by atomic mass is 16.2. The minimum atomic E-state index is 0.0841. The Labute approximate surface area is 153 Å². The summed E-state index contributed by atoms with van der Waals surface area (Å²) >= 11 is 0. The van der Waals surface area contributed by atoms with Crippen LogP contribution in [0.15, 0.2) is 54.6 Å². The van der Waals surface area contributed by atoms with Crippen LogP contribution in [0.1, 0.15) is 17.4 Å². The molecule has 1 aliphatic heterocycles. The van der Waals surface area contributed by atoms with Crippen molar-refractivity contribution in [1.82, 2.24) is 9.88 Å². The summed E-state index contributed by atoms with van der Waals surface area (Å²) in [5, 5.41) is 4.50. The Kier molecular flexibility index (Phi) is 4.52. The molecular weight excluding hydrogens is 324 g/mol. The molecule has 3 aromatic rings. The number of nitrogens with zero attached hydrogens (tertiary/aromatic N) is 2. The van der Waals surface area contributed by atoms with Gasteiger partial charge in [0.25, 0.3) is 5.91 Å². The number of carbonyl (C=O) groups is 1. The number of hydrogen-bond donors (Lipinski definition) is 2. The van der Waals surface area contributed by atoms with Gasteiger partial charge in [-0.1, -0.05) is 30.3 Å². The van der Waals surface area contributed by atoms with Crippen LogP contribution in [0.4, 0.5) is 11.4 Å². The Morgan fingerprint density at radius 3 is 2.54 bits per heavy atom. The molecule has 2 N–H and O–H groups in total. The fraction of sp³-hybridized carbons (Fsp3) is 0.286. The quantitative estimate of drug-likeness (QED) is 0.758. The van der Waals surface area contributed by atoms with Gasteiger partial charge in [-0.05, 0) is 31.2 Å². The predicted molar refractivity (Wildman–Crippen MR) is 107 cm³/mol. The minimum Gasteiger partial charge on any atom is -0.384 e. The third-order valence-electron chi connectivity index (χ3n) is 4.94. The third-order valence-corrected chi connectivity index (χ3v) is 4.94. The summed E-state index contributed by atoms with van der Waals surface area (Å²) in [6, 6.07) is 18.3. The molecule has 0 spiro atoms. The molecule has 0 saturated carbocycles. The van der Waals surface area contributed by atoms with E-state index in [9.17, 15) is 4.79 Å². The topological polar surface area (TPSA) is 51.4 Å². The van der Waals surface area contributed by atoms with Crippen LogP contribution < -0.4 is 10.2 Å². The maximum atomic E-state index is 12.8. The first-order chi connectivity index (χ1) is 12.8. The zero-order chi connectivity index (χ0) is 17.9.